The normalized spacial score (nSPS) is 32.9. The lowest BCUT2D eigenvalue weighted by Gasteiger charge is -2.39. The maximum Gasteiger partial charge on any atom is 0.307 e. The number of esters is 1. The Morgan fingerprint density at radius 2 is 2.05 bits per heavy atom. The smallest absolute Gasteiger partial charge is 0.307 e. The first-order valence-corrected chi connectivity index (χ1v) is 7.55. The van der Waals surface area contributed by atoms with E-state index in [1.165, 1.54) is 0 Å². The van der Waals surface area contributed by atoms with Crippen LogP contribution >= 0.6 is 15.9 Å². The molecule has 0 bridgehead atoms. The Bertz CT molecular complexity index is 290. The van der Waals surface area contributed by atoms with Crippen molar-refractivity contribution in [3.8, 4) is 0 Å². The fraction of sp³-hybridized carbons (Fsp3) is 0.923. The van der Waals surface area contributed by atoms with Crippen LogP contribution < -0.4 is 5.73 Å². The second-order valence-electron chi connectivity index (χ2n) is 4.89. The van der Waals surface area contributed by atoms with E-state index in [0.29, 0.717) is 6.61 Å². The van der Waals surface area contributed by atoms with Crippen molar-refractivity contribution < 1.29 is 19.0 Å². The van der Waals surface area contributed by atoms with E-state index in [2.05, 4.69) is 15.9 Å². The molecule has 112 valence electrons. The topological polar surface area (TPSA) is 70.8 Å². The molecule has 1 saturated carbocycles. The largest absolute Gasteiger partial charge is 0.466 e. The van der Waals surface area contributed by atoms with Crippen LogP contribution in [0.15, 0.2) is 0 Å². The minimum atomic E-state index is -0.232. The molecule has 1 rings (SSSR count). The SMILES string of the molecule is CCOC(=O)CC(N)C1CC(Br)C(OC)C(OC)C1. The summed E-state index contributed by atoms with van der Waals surface area (Å²) in [6.45, 7) is 2.19. The highest BCUT2D eigenvalue weighted by Crippen LogP contribution is 2.34. The summed E-state index contributed by atoms with van der Waals surface area (Å²) in [4.78, 5) is 11.7. The van der Waals surface area contributed by atoms with Crippen LogP contribution in [0.5, 0.6) is 0 Å². The number of carbonyl (C=O) groups excluding carboxylic acids is 1. The monoisotopic (exact) mass is 337 g/mol. The number of alkyl halides is 1. The summed E-state index contributed by atoms with van der Waals surface area (Å²) in [6.07, 6.45) is 1.96. The van der Waals surface area contributed by atoms with Crippen LogP contribution in [0.3, 0.4) is 0 Å². The molecule has 0 spiro atoms. The molecule has 2 N–H and O–H groups in total. The highest BCUT2D eigenvalue weighted by molar-refractivity contribution is 9.09. The lowest BCUT2D eigenvalue weighted by Crippen LogP contribution is -2.48. The van der Waals surface area contributed by atoms with E-state index in [-0.39, 0.29) is 41.4 Å². The van der Waals surface area contributed by atoms with E-state index in [1.807, 2.05) is 0 Å². The van der Waals surface area contributed by atoms with E-state index in [1.54, 1.807) is 21.1 Å². The Kier molecular flexibility index (Phi) is 7.28. The van der Waals surface area contributed by atoms with Crippen molar-refractivity contribution >= 4 is 21.9 Å². The van der Waals surface area contributed by atoms with Gasteiger partial charge in [0.2, 0.25) is 0 Å². The van der Waals surface area contributed by atoms with E-state index >= 15 is 0 Å². The fourth-order valence-electron chi connectivity index (χ4n) is 2.64. The van der Waals surface area contributed by atoms with Gasteiger partial charge in [0.25, 0.3) is 0 Å². The molecule has 0 heterocycles. The summed E-state index contributed by atoms with van der Waals surface area (Å²) in [6, 6.07) is -0.199. The molecule has 1 aliphatic rings. The van der Waals surface area contributed by atoms with E-state index in [9.17, 15) is 4.79 Å². The van der Waals surface area contributed by atoms with Gasteiger partial charge in [0.05, 0.1) is 25.2 Å². The van der Waals surface area contributed by atoms with Gasteiger partial charge in [0, 0.05) is 25.1 Å². The molecule has 5 nitrogen and oxygen atoms in total. The number of ether oxygens (including phenoxy) is 3. The van der Waals surface area contributed by atoms with Crippen LogP contribution in [-0.2, 0) is 19.0 Å². The Labute approximate surface area is 123 Å². The lowest BCUT2D eigenvalue weighted by atomic mass is 9.80. The maximum atomic E-state index is 11.5. The van der Waals surface area contributed by atoms with Gasteiger partial charge < -0.3 is 19.9 Å². The second-order valence-corrected chi connectivity index (χ2v) is 6.07. The Morgan fingerprint density at radius 1 is 1.37 bits per heavy atom. The molecule has 1 fully saturated rings. The molecule has 0 aliphatic heterocycles. The number of carbonyl (C=O) groups is 1. The number of methoxy groups -OCH3 is 2. The molecular formula is C13H24BrNO4. The molecule has 0 radical (unpaired) electrons. The zero-order valence-corrected chi connectivity index (χ0v) is 13.4. The van der Waals surface area contributed by atoms with E-state index in [4.69, 9.17) is 19.9 Å². The summed E-state index contributed by atoms with van der Waals surface area (Å²) in [5, 5.41) is 0. The van der Waals surface area contributed by atoms with Crippen LogP contribution in [0.25, 0.3) is 0 Å². The summed E-state index contributed by atoms with van der Waals surface area (Å²) in [5.41, 5.74) is 6.13. The molecular weight excluding hydrogens is 314 g/mol. The molecule has 1 aliphatic carbocycles. The van der Waals surface area contributed by atoms with Gasteiger partial charge in [-0.15, -0.1) is 0 Å². The summed E-state index contributed by atoms with van der Waals surface area (Å²) in [7, 11) is 3.36. The number of nitrogens with two attached hydrogens (primary N) is 1. The van der Waals surface area contributed by atoms with Gasteiger partial charge in [0.1, 0.15) is 0 Å². The zero-order chi connectivity index (χ0) is 14.4. The zero-order valence-electron chi connectivity index (χ0n) is 11.8. The molecule has 0 aromatic rings. The van der Waals surface area contributed by atoms with Gasteiger partial charge in [-0.25, -0.2) is 0 Å². The van der Waals surface area contributed by atoms with Crippen LogP contribution in [0.2, 0.25) is 0 Å². The van der Waals surface area contributed by atoms with Gasteiger partial charge in [-0.2, -0.15) is 0 Å². The number of rotatable bonds is 6. The van der Waals surface area contributed by atoms with Crippen molar-refractivity contribution in [2.24, 2.45) is 11.7 Å². The molecule has 19 heavy (non-hydrogen) atoms. The quantitative estimate of drug-likeness (QED) is 0.587. The molecule has 0 aromatic heterocycles. The van der Waals surface area contributed by atoms with Gasteiger partial charge in [-0.3, -0.25) is 4.79 Å². The molecule has 5 unspecified atom stereocenters. The molecule has 0 amide bonds. The summed E-state index contributed by atoms with van der Waals surface area (Å²) < 4.78 is 15.9. The first-order valence-electron chi connectivity index (χ1n) is 6.64. The average Bonchev–Trinajstić information content (AvgIpc) is 2.37. The molecule has 0 aromatic carbocycles. The average molecular weight is 338 g/mol. The van der Waals surface area contributed by atoms with Gasteiger partial charge in [0.15, 0.2) is 0 Å². The highest BCUT2D eigenvalue weighted by atomic mass is 79.9. The molecule has 6 heteroatoms. The van der Waals surface area contributed by atoms with Crippen molar-refractivity contribution in [1.82, 2.24) is 0 Å². The minimum Gasteiger partial charge on any atom is -0.466 e. The van der Waals surface area contributed by atoms with Crippen LogP contribution in [-0.4, -0.2) is 49.9 Å². The number of hydrogen-bond acceptors (Lipinski definition) is 5. The van der Waals surface area contributed by atoms with Crippen molar-refractivity contribution in [2.45, 2.75) is 49.3 Å². The maximum absolute atomic E-state index is 11.5. The number of hydrogen-bond donors (Lipinski definition) is 1. The van der Waals surface area contributed by atoms with Crippen molar-refractivity contribution in [3.05, 3.63) is 0 Å². The third-order valence-electron chi connectivity index (χ3n) is 3.67. The van der Waals surface area contributed by atoms with Crippen molar-refractivity contribution in [1.29, 1.82) is 0 Å². The van der Waals surface area contributed by atoms with Crippen LogP contribution in [0.4, 0.5) is 0 Å². The van der Waals surface area contributed by atoms with E-state index in [0.717, 1.165) is 12.8 Å². The third-order valence-corrected chi connectivity index (χ3v) is 4.57. The predicted octanol–water partition coefficient (Wildman–Crippen LogP) is 1.47. The highest BCUT2D eigenvalue weighted by Gasteiger charge is 2.39. The Balaban J connectivity index is 2.57. The van der Waals surface area contributed by atoms with Gasteiger partial charge in [-0.05, 0) is 25.7 Å². The van der Waals surface area contributed by atoms with Gasteiger partial charge in [-0.1, -0.05) is 15.9 Å². The third kappa shape index (κ3) is 4.70. The standard InChI is InChI=1S/C13H24BrNO4/c1-4-19-12(16)7-10(15)8-5-9(14)13(18-3)11(6-8)17-2/h8-11,13H,4-7,15H2,1-3H3. The summed E-state index contributed by atoms with van der Waals surface area (Å²) >= 11 is 3.63. The van der Waals surface area contributed by atoms with Gasteiger partial charge >= 0.3 is 5.97 Å². The first kappa shape index (κ1) is 16.9. The predicted molar refractivity (Wildman–Crippen MR) is 76.3 cm³/mol. The van der Waals surface area contributed by atoms with Crippen molar-refractivity contribution in [3.63, 3.8) is 0 Å². The van der Waals surface area contributed by atoms with Crippen molar-refractivity contribution in [2.75, 3.05) is 20.8 Å². The Hall–Kier alpha value is -0.170. The Morgan fingerprint density at radius 3 is 2.58 bits per heavy atom. The van der Waals surface area contributed by atoms with Crippen LogP contribution in [0, 0.1) is 5.92 Å². The second kappa shape index (κ2) is 8.19. The number of halogens is 1. The minimum absolute atomic E-state index is 0.00127. The molecule has 0 saturated heterocycles. The fourth-order valence-corrected chi connectivity index (χ4v) is 3.68. The lowest BCUT2D eigenvalue weighted by molar-refractivity contribution is -0.144. The molecule has 5 atom stereocenters. The first-order chi connectivity index (χ1) is 9.03. The summed E-state index contributed by atoms with van der Waals surface area (Å²) in [5.74, 6) is -0.00548. The van der Waals surface area contributed by atoms with E-state index < -0.39 is 0 Å². The van der Waals surface area contributed by atoms with Crippen LogP contribution in [0.1, 0.15) is 26.2 Å².